The molecule has 0 aliphatic rings. The zero-order valence-electron chi connectivity index (χ0n) is 12.7. The molecular weight excluding hydrogens is 304 g/mol. The summed E-state index contributed by atoms with van der Waals surface area (Å²) in [6.07, 6.45) is -4.47. The number of hydrogen-bond donors (Lipinski definition) is 4. The van der Waals surface area contributed by atoms with Crippen molar-refractivity contribution in [3.8, 4) is 5.75 Å². The van der Waals surface area contributed by atoms with E-state index in [1.165, 1.54) is 6.07 Å². The number of hydrogen-bond acceptors (Lipinski definition) is 5. The summed E-state index contributed by atoms with van der Waals surface area (Å²) in [7, 11) is -2.13. The van der Waals surface area contributed by atoms with Crippen molar-refractivity contribution in [2.45, 2.75) is 45.1 Å². The lowest BCUT2D eigenvalue weighted by Gasteiger charge is -2.31. The van der Waals surface area contributed by atoms with Gasteiger partial charge in [-0.2, -0.15) is 13.2 Å². The van der Waals surface area contributed by atoms with Crippen molar-refractivity contribution < 1.29 is 38.1 Å². The summed E-state index contributed by atoms with van der Waals surface area (Å²) in [5.41, 5.74) is -2.92. The van der Waals surface area contributed by atoms with Crippen LogP contribution in [0.4, 0.5) is 13.2 Å². The first-order valence-electron chi connectivity index (χ1n) is 6.29. The Kier molecular flexibility index (Phi) is 6.89. The molecule has 0 aliphatic carbocycles. The molecule has 126 valence electrons. The first-order chi connectivity index (χ1) is 9.64. The standard InChI is InChI=1S/C7H6BF3O3.C6H14O2/c9-7(10,11)5-2-1-3-6(4-5)14-8(12)13;1-5(2,7)6(3,4)8/h1-4,12-13H;7-8H,1-4H3. The molecule has 0 fully saturated rings. The van der Waals surface area contributed by atoms with Gasteiger partial charge in [0.2, 0.25) is 0 Å². The van der Waals surface area contributed by atoms with Crippen LogP contribution in [-0.4, -0.2) is 38.8 Å². The third kappa shape index (κ3) is 7.65. The summed E-state index contributed by atoms with van der Waals surface area (Å²) in [5.74, 6) is -0.255. The summed E-state index contributed by atoms with van der Waals surface area (Å²) in [5, 5.41) is 34.9. The molecule has 0 unspecified atom stereocenters. The highest BCUT2D eigenvalue weighted by molar-refractivity contribution is 6.33. The molecule has 1 aromatic rings. The second-order valence-electron chi connectivity index (χ2n) is 5.59. The molecule has 0 radical (unpaired) electrons. The van der Waals surface area contributed by atoms with E-state index in [4.69, 9.17) is 20.3 Å². The molecule has 22 heavy (non-hydrogen) atoms. The molecule has 0 saturated carbocycles. The van der Waals surface area contributed by atoms with Crippen LogP contribution in [0.1, 0.15) is 33.3 Å². The molecule has 1 aromatic carbocycles. The summed E-state index contributed by atoms with van der Waals surface area (Å²) in [4.78, 5) is 0. The number of aliphatic hydroxyl groups is 2. The Hall–Kier alpha value is -1.29. The van der Waals surface area contributed by atoms with Crippen molar-refractivity contribution >= 4 is 7.32 Å². The zero-order chi connectivity index (χ0) is 17.8. The van der Waals surface area contributed by atoms with Gasteiger partial charge in [-0.15, -0.1) is 0 Å². The maximum absolute atomic E-state index is 12.1. The van der Waals surface area contributed by atoms with Crippen molar-refractivity contribution in [3.05, 3.63) is 29.8 Å². The largest absolute Gasteiger partial charge is 0.707 e. The lowest BCUT2D eigenvalue weighted by atomic mass is 9.90. The lowest BCUT2D eigenvalue weighted by molar-refractivity contribution is -0.137. The van der Waals surface area contributed by atoms with Gasteiger partial charge < -0.3 is 24.9 Å². The molecule has 5 nitrogen and oxygen atoms in total. The second-order valence-corrected chi connectivity index (χ2v) is 5.59. The van der Waals surface area contributed by atoms with E-state index < -0.39 is 30.3 Å². The normalized spacial score (nSPS) is 12.3. The predicted molar refractivity (Wildman–Crippen MR) is 74.9 cm³/mol. The van der Waals surface area contributed by atoms with Gasteiger partial charge in [-0.25, -0.2) is 0 Å². The smallest absolute Gasteiger partial charge is 0.512 e. The van der Waals surface area contributed by atoms with Crippen LogP contribution in [-0.2, 0) is 6.18 Å². The Morgan fingerprint density at radius 1 is 0.955 bits per heavy atom. The Bertz CT molecular complexity index is 452. The van der Waals surface area contributed by atoms with E-state index in [1.807, 2.05) is 0 Å². The number of benzene rings is 1. The molecular formula is C13H20BF3O5. The van der Waals surface area contributed by atoms with E-state index in [2.05, 4.69) is 4.65 Å². The monoisotopic (exact) mass is 324 g/mol. The highest BCUT2D eigenvalue weighted by Gasteiger charge is 2.32. The quantitative estimate of drug-likeness (QED) is 0.634. The van der Waals surface area contributed by atoms with Crippen LogP contribution in [0.15, 0.2) is 24.3 Å². The van der Waals surface area contributed by atoms with E-state index in [0.717, 1.165) is 12.1 Å². The van der Waals surface area contributed by atoms with Crippen molar-refractivity contribution in [2.24, 2.45) is 0 Å². The lowest BCUT2D eigenvalue weighted by Crippen LogP contribution is -2.44. The van der Waals surface area contributed by atoms with Gasteiger partial charge in [0.1, 0.15) is 5.75 Å². The third-order valence-electron chi connectivity index (χ3n) is 2.90. The van der Waals surface area contributed by atoms with E-state index in [-0.39, 0.29) is 5.75 Å². The van der Waals surface area contributed by atoms with Gasteiger partial charge in [0.05, 0.1) is 16.8 Å². The minimum atomic E-state index is -4.47. The maximum atomic E-state index is 12.1. The fourth-order valence-corrected chi connectivity index (χ4v) is 0.867. The number of rotatable bonds is 3. The molecule has 0 saturated heterocycles. The van der Waals surface area contributed by atoms with Crippen molar-refractivity contribution in [1.29, 1.82) is 0 Å². The molecule has 4 N–H and O–H groups in total. The highest BCUT2D eigenvalue weighted by Crippen LogP contribution is 2.31. The van der Waals surface area contributed by atoms with E-state index in [9.17, 15) is 13.2 Å². The van der Waals surface area contributed by atoms with Crippen LogP contribution in [0.2, 0.25) is 0 Å². The van der Waals surface area contributed by atoms with Crippen molar-refractivity contribution in [1.82, 2.24) is 0 Å². The van der Waals surface area contributed by atoms with Gasteiger partial charge >= 0.3 is 13.5 Å². The van der Waals surface area contributed by atoms with Crippen LogP contribution in [0.25, 0.3) is 0 Å². The molecule has 1 rings (SSSR count). The number of halogens is 3. The first kappa shape index (κ1) is 20.7. The van der Waals surface area contributed by atoms with E-state index >= 15 is 0 Å². The highest BCUT2D eigenvalue weighted by atomic mass is 19.4. The molecule has 0 aliphatic heterocycles. The van der Waals surface area contributed by atoms with Crippen molar-refractivity contribution in [2.75, 3.05) is 0 Å². The Labute approximate surface area is 127 Å². The minimum Gasteiger partial charge on any atom is -0.512 e. The van der Waals surface area contributed by atoms with E-state index in [0.29, 0.717) is 6.07 Å². The van der Waals surface area contributed by atoms with Crippen LogP contribution in [0.3, 0.4) is 0 Å². The SMILES string of the molecule is CC(C)(O)C(C)(C)O.OB(O)Oc1cccc(C(F)(F)F)c1. The molecule has 0 aromatic heterocycles. The minimum absolute atomic E-state index is 0.255. The van der Waals surface area contributed by atoms with Gasteiger partial charge in [0, 0.05) is 0 Å². The average molecular weight is 324 g/mol. The van der Waals surface area contributed by atoms with Crippen LogP contribution >= 0.6 is 0 Å². The van der Waals surface area contributed by atoms with Crippen molar-refractivity contribution in [3.63, 3.8) is 0 Å². The summed E-state index contributed by atoms with van der Waals surface area (Å²) >= 11 is 0. The maximum Gasteiger partial charge on any atom is 0.707 e. The molecule has 9 heteroatoms. The molecule has 0 heterocycles. The summed E-state index contributed by atoms with van der Waals surface area (Å²) < 4.78 is 40.6. The van der Waals surface area contributed by atoms with Crippen LogP contribution < -0.4 is 4.65 Å². The third-order valence-corrected chi connectivity index (χ3v) is 2.90. The molecule has 0 amide bonds. The topological polar surface area (TPSA) is 90.2 Å². The predicted octanol–water partition coefficient (Wildman–Crippen LogP) is 1.58. The van der Waals surface area contributed by atoms with Gasteiger partial charge in [0.15, 0.2) is 0 Å². The molecule has 0 bridgehead atoms. The first-order valence-corrected chi connectivity index (χ1v) is 6.29. The average Bonchev–Trinajstić information content (AvgIpc) is 2.25. The van der Waals surface area contributed by atoms with E-state index in [1.54, 1.807) is 27.7 Å². The summed E-state index contributed by atoms with van der Waals surface area (Å²) in [6, 6.07) is 3.84. The fourth-order valence-electron chi connectivity index (χ4n) is 0.867. The van der Waals surface area contributed by atoms with Gasteiger partial charge in [-0.3, -0.25) is 0 Å². The second kappa shape index (κ2) is 7.32. The summed E-state index contributed by atoms with van der Waals surface area (Å²) in [6.45, 7) is 6.31. The van der Waals surface area contributed by atoms with Gasteiger partial charge in [-0.05, 0) is 45.9 Å². The number of alkyl halides is 3. The molecule has 0 atom stereocenters. The Morgan fingerprint density at radius 3 is 1.73 bits per heavy atom. The van der Waals surface area contributed by atoms with Gasteiger partial charge in [-0.1, -0.05) is 6.07 Å². The van der Waals surface area contributed by atoms with Gasteiger partial charge in [0.25, 0.3) is 0 Å². The van der Waals surface area contributed by atoms with Crippen LogP contribution in [0, 0.1) is 0 Å². The molecule has 0 spiro atoms. The Morgan fingerprint density at radius 2 is 1.41 bits per heavy atom. The fraction of sp³-hybridized carbons (Fsp3) is 0.538. The Balaban J connectivity index is 0.000000472. The van der Waals surface area contributed by atoms with Crippen LogP contribution in [0.5, 0.6) is 5.75 Å². The zero-order valence-corrected chi connectivity index (χ0v) is 12.7.